The van der Waals surface area contributed by atoms with Crippen molar-refractivity contribution >= 4 is 23.0 Å². The summed E-state index contributed by atoms with van der Waals surface area (Å²) in [7, 11) is 1.40. The maximum atomic E-state index is 12.1. The third-order valence-electron chi connectivity index (χ3n) is 2.74. The fourth-order valence-corrected chi connectivity index (χ4v) is 1.69. The van der Waals surface area contributed by atoms with Gasteiger partial charge in [-0.3, -0.25) is 19.9 Å². The first-order valence-electron chi connectivity index (χ1n) is 5.86. The lowest BCUT2D eigenvalue weighted by Crippen LogP contribution is -2.15. The van der Waals surface area contributed by atoms with Gasteiger partial charge in [0.1, 0.15) is 5.75 Å². The number of carbonyl (C=O) groups excluding carboxylic acids is 1. The van der Waals surface area contributed by atoms with Crippen molar-refractivity contribution in [3.05, 3.63) is 52.3 Å². The van der Waals surface area contributed by atoms with Crippen LogP contribution in [0.15, 0.2) is 36.7 Å². The highest BCUT2D eigenvalue weighted by Gasteiger charge is 2.16. The van der Waals surface area contributed by atoms with Gasteiger partial charge in [-0.05, 0) is 12.1 Å². The second-order valence-corrected chi connectivity index (χ2v) is 4.06. The highest BCUT2D eigenvalue weighted by molar-refractivity contribution is 6.08. The average molecular weight is 288 g/mol. The lowest BCUT2D eigenvalue weighted by molar-refractivity contribution is -0.384. The molecule has 0 aliphatic rings. The van der Waals surface area contributed by atoms with Crippen LogP contribution in [0.3, 0.4) is 0 Å². The number of methoxy groups -OCH3 is 1. The first-order valence-corrected chi connectivity index (χ1v) is 5.86. The summed E-state index contributed by atoms with van der Waals surface area (Å²) in [5, 5.41) is 13.3. The topological polar surface area (TPSA) is 120 Å². The second-order valence-electron chi connectivity index (χ2n) is 4.06. The van der Waals surface area contributed by atoms with E-state index in [0.717, 1.165) is 0 Å². The molecule has 108 valence electrons. The minimum atomic E-state index is -0.562. The number of aromatic nitrogens is 1. The summed E-state index contributed by atoms with van der Waals surface area (Å²) < 4.78 is 5.06. The van der Waals surface area contributed by atoms with Crippen LogP contribution in [0, 0.1) is 10.1 Å². The number of benzene rings is 1. The molecule has 0 spiro atoms. The van der Waals surface area contributed by atoms with Crippen LogP contribution in [0.5, 0.6) is 5.75 Å². The van der Waals surface area contributed by atoms with E-state index in [4.69, 9.17) is 10.5 Å². The molecule has 1 aromatic heterocycles. The van der Waals surface area contributed by atoms with Gasteiger partial charge in [0.25, 0.3) is 11.6 Å². The summed E-state index contributed by atoms with van der Waals surface area (Å²) in [4.78, 5) is 26.2. The van der Waals surface area contributed by atoms with E-state index in [1.807, 2.05) is 0 Å². The smallest absolute Gasteiger partial charge is 0.271 e. The minimum Gasteiger partial charge on any atom is -0.495 e. The van der Waals surface area contributed by atoms with Crippen molar-refractivity contribution in [2.45, 2.75) is 0 Å². The van der Waals surface area contributed by atoms with Crippen LogP contribution in [-0.4, -0.2) is 22.9 Å². The van der Waals surface area contributed by atoms with Crippen LogP contribution < -0.4 is 15.8 Å². The molecule has 3 N–H and O–H groups in total. The van der Waals surface area contributed by atoms with Gasteiger partial charge < -0.3 is 15.8 Å². The van der Waals surface area contributed by atoms with Gasteiger partial charge in [-0.25, -0.2) is 0 Å². The number of carbonyl (C=O) groups is 1. The van der Waals surface area contributed by atoms with Crippen LogP contribution in [0.4, 0.5) is 17.1 Å². The van der Waals surface area contributed by atoms with Crippen molar-refractivity contribution < 1.29 is 14.5 Å². The van der Waals surface area contributed by atoms with Gasteiger partial charge in [0.2, 0.25) is 0 Å². The quantitative estimate of drug-likeness (QED) is 0.654. The lowest BCUT2D eigenvalue weighted by atomic mass is 10.2. The van der Waals surface area contributed by atoms with Crippen molar-refractivity contribution in [1.29, 1.82) is 0 Å². The van der Waals surface area contributed by atoms with Crippen molar-refractivity contribution in [1.82, 2.24) is 4.98 Å². The molecule has 0 saturated carbocycles. The minimum absolute atomic E-state index is 0.162. The molecule has 8 nitrogen and oxygen atoms in total. The standard InChI is InChI=1S/C13H12N4O4/c1-21-12-3-2-8(17(19)20)6-11(12)16-13(18)9-7-15-5-4-10(9)14/h2-7H,1H3,(H2,14,15)(H,16,18). The van der Waals surface area contributed by atoms with Crippen LogP contribution in [0.25, 0.3) is 0 Å². The van der Waals surface area contributed by atoms with Gasteiger partial charge >= 0.3 is 0 Å². The number of amides is 1. The average Bonchev–Trinajstić information content (AvgIpc) is 2.47. The zero-order valence-electron chi connectivity index (χ0n) is 11.1. The first kappa shape index (κ1) is 14.3. The van der Waals surface area contributed by atoms with Crippen molar-refractivity contribution in [3.63, 3.8) is 0 Å². The Balaban J connectivity index is 2.34. The van der Waals surface area contributed by atoms with E-state index in [9.17, 15) is 14.9 Å². The number of nitrogens with one attached hydrogen (secondary N) is 1. The molecule has 1 aromatic carbocycles. The Bertz CT molecular complexity index is 702. The van der Waals surface area contributed by atoms with E-state index in [2.05, 4.69) is 10.3 Å². The molecule has 8 heteroatoms. The molecule has 0 fully saturated rings. The Morgan fingerprint density at radius 2 is 2.19 bits per heavy atom. The van der Waals surface area contributed by atoms with E-state index >= 15 is 0 Å². The summed E-state index contributed by atoms with van der Waals surface area (Å²) in [5.41, 5.74) is 6.13. The molecular formula is C13H12N4O4. The zero-order chi connectivity index (χ0) is 15.4. The van der Waals surface area contributed by atoms with Crippen molar-refractivity contribution in [3.8, 4) is 5.75 Å². The summed E-state index contributed by atoms with van der Waals surface area (Å²) >= 11 is 0. The number of nitrogen functional groups attached to an aromatic ring is 1. The molecule has 0 aliphatic heterocycles. The molecule has 2 aromatic rings. The normalized spacial score (nSPS) is 9.95. The van der Waals surface area contributed by atoms with Gasteiger partial charge in [-0.2, -0.15) is 0 Å². The van der Waals surface area contributed by atoms with Crippen LogP contribution in [-0.2, 0) is 0 Å². The Morgan fingerprint density at radius 1 is 1.43 bits per heavy atom. The van der Waals surface area contributed by atoms with Gasteiger partial charge in [0.05, 0.1) is 23.3 Å². The predicted molar refractivity (Wildman–Crippen MR) is 76.3 cm³/mol. The van der Waals surface area contributed by atoms with Gasteiger partial charge in [-0.1, -0.05) is 0 Å². The number of rotatable bonds is 4. The van der Waals surface area contributed by atoms with E-state index in [-0.39, 0.29) is 22.6 Å². The van der Waals surface area contributed by atoms with Gasteiger partial charge in [0.15, 0.2) is 0 Å². The van der Waals surface area contributed by atoms with E-state index in [0.29, 0.717) is 5.75 Å². The Hall–Kier alpha value is -3.16. The number of non-ortho nitro benzene ring substituents is 1. The number of hydrogen-bond donors (Lipinski definition) is 2. The maximum absolute atomic E-state index is 12.1. The van der Waals surface area contributed by atoms with Crippen LogP contribution in [0.2, 0.25) is 0 Å². The number of ether oxygens (including phenoxy) is 1. The molecule has 0 saturated heterocycles. The molecule has 0 aliphatic carbocycles. The second kappa shape index (κ2) is 5.87. The summed E-state index contributed by atoms with van der Waals surface area (Å²) in [6, 6.07) is 5.39. The molecule has 2 rings (SSSR count). The number of nitrogens with zero attached hydrogens (tertiary/aromatic N) is 2. The molecular weight excluding hydrogens is 276 g/mol. The molecule has 21 heavy (non-hydrogen) atoms. The zero-order valence-corrected chi connectivity index (χ0v) is 11.1. The third-order valence-corrected chi connectivity index (χ3v) is 2.74. The van der Waals surface area contributed by atoms with E-state index in [1.54, 1.807) is 0 Å². The molecule has 1 amide bonds. The number of anilines is 2. The molecule has 0 unspecified atom stereocenters. The predicted octanol–water partition coefficient (Wildman–Crippen LogP) is 1.83. The SMILES string of the molecule is COc1ccc([N+](=O)[O-])cc1NC(=O)c1cnccc1N. The van der Waals surface area contributed by atoms with E-state index < -0.39 is 10.8 Å². The van der Waals surface area contributed by atoms with Crippen molar-refractivity contribution in [2.75, 3.05) is 18.2 Å². The summed E-state index contributed by atoms with van der Waals surface area (Å²) in [6.07, 6.45) is 2.77. The van der Waals surface area contributed by atoms with Gasteiger partial charge in [0, 0.05) is 30.2 Å². The fraction of sp³-hybridized carbons (Fsp3) is 0.0769. The largest absolute Gasteiger partial charge is 0.495 e. The van der Waals surface area contributed by atoms with Crippen molar-refractivity contribution in [2.24, 2.45) is 0 Å². The Labute approximate surface area is 119 Å². The maximum Gasteiger partial charge on any atom is 0.271 e. The van der Waals surface area contributed by atoms with Crippen LogP contribution >= 0.6 is 0 Å². The van der Waals surface area contributed by atoms with E-state index in [1.165, 1.54) is 43.8 Å². The lowest BCUT2D eigenvalue weighted by Gasteiger charge is -2.10. The Kier molecular flexibility index (Phi) is 3.98. The number of nitrogens with two attached hydrogens (primary N) is 1. The molecule has 0 bridgehead atoms. The summed E-state index contributed by atoms with van der Waals surface area (Å²) in [6.45, 7) is 0. The molecule has 0 atom stereocenters. The highest BCUT2D eigenvalue weighted by Crippen LogP contribution is 2.29. The first-order chi connectivity index (χ1) is 10.0. The third kappa shape index (κ3) is 3.06. The summed E-state index contributed by atoms with van der Waals surface area (Å²) in [5.74, 6) is -0.226. The fourth-order valence-electron chi connectivity index (χ4n) is 1.69. The number of nitro benzene ring substituents is 1. The number of nitro groups is 1. The van der Waals surface area contributed by atoms with Gasteiger partial charge in [-0.15, -0.1) is 0 Å². The molecule has 1 heterocycles. The Morgan fingerprint density at radius 3 is 2.81 bits per heavy atom. The number of hydrogen-bond acceptors (Lipinski definition) is 6. The highest BCUT2D eigenvalue weighted by atomic mass is 16.6. The number of pyridine rings is 1. The van der Waals surface area contributed by atoms with Crippen LogP contribution in [0.1, 0.15) is 10.4 Å². The monoisotopic (exact) mass is 288 g/mol. The molecule has 0 radical (unpaired) electrons.